The first kappa shape index (κ1) is 74.6. The molecule has 570 valence electrons. The van der Waals surface area contributed by atoms with Crippen LogP contribution in [-0.4, -0.2) is 46.4 Å². The molecule has 0 saturated carbocycles. The van der Waals surface area contributed by atoms with Crippen molar-refractivity contribution < 1.29 is 18.9 Å². The molecule has 0 fully saturated rings. The van der Waals surface area contributed by atoms with E-state index in [0.717, 1.165) is 207 Å². The molecule has 2 aliphatic heterocycles. The predicted octanol–water partition coefficient (Wildman–Crippen LogP) is 30.3. The van der Waals surface area contributed by atoms with Gasteiger partial charge in [-0.25, -0.2) is 9.97 Å². The van der Waals surface area contributed by atoms with Crippen molar-refractivity contribution >= 4 is 135 Å². The molecule has 116 heavy (non-hydrogen) atoms. The Hall–Kier alpha value is -14.1. The van der Waals surface area contributed by atoms with Crippen molar-refractivity contribution in [1.29, 1.82) is 0 Å². The number of hydrogen-bond acceptors (Lipinski definition) is 14. The van der Waals surface area contributed by atoms with Gasteiger partial charge in [0.15, 0.2) is 0 Å². The van der Waals surface area contributed by atoms with Gasteiger partial charge in [0.25, 0.3) is 0 Å². The lowest BCUT2D eigenvalue weighted by Crippen LogP contribution is -1.96. The van der Waals surface area contributed by atoms with Crippen molar-refractivity contribution in [3.05, 3.63) is 290 Å². The van der Waals surface area contributed by atoms with E-state index in [2.05, 4.69) is 183 Å². The monoisotopic (exact) mass is 1520 g/mol. The van der Waals surface area contributed by atoms with Crippen LogP contribution < -0.4 is 18.9 Å². The van der Waals surface area contributed by atoms with Crippen LogP contribution in [0.25, 0.3) is 134 Å². The van der Waals surface area contributed by atoms with Crippen LogP contribution in [0.1, 0.15) is 102 Å². The number of aromatic amines is 2. The molecule has 0 spiro atoms. The van der Waals surface area contributed by atoms with Crippen molar-refractivity contribution in [3.63, 3.8) is 0 Å². The number of nitrogens with one attached hydrogen (secondary N) is 2. The summed E-state index contributed by atoms with van der Waals surface area (Å²) in [5, 5.41) is 47.4. The minimum atomic E-state index is 0.636. The number of azo groups is 4. The Balaban J connectivity index is 0.860. The van der Waals surface area contributed by atoms with E-state index >= 15 is 0 Å². The summed E-state index contributed by atoms with van der Waals surface area (Å²) in [6.45, 7) is 11.2. The highest BCUT2D eigenvalue weighted by Gasteiger charge is 2.22. The van der Waals surface area contributed by atoms with Gasteiger partial charge < -0.3 is 28.9 Å². The summed E-state index contributed by atoms with van der Waals surface area (Å²) in [5.74, 6) is 3.30. The van der Waals surface area contributed by atoms with Crippen LogP contribution in [0, 0.1) is 0 Å². The second-order valence-electron chi connectivity index (χ2n) is 28.8. The molecule has 8 bridgehead atoms. The maximum atomic E-state index is 6.29. The van der Waals surface area contributed by atoms with Crippen LogP contribution in [0.15, 0.2) is 308 Å². The van der Waals surface area contributed by atoms with Gasteiger partial charge in [-0.3, -0.25) is 0 Å². The van der Waals surface area contributed by atoms with E-state index in [0.29, 0.717) is 72.0 Å². The van der Waals surface area contributed by atoms with Crippen molar-refractivity contribution in [2.75, 3.05) is 26.4 Å². The molecule has 0 aliphatic carbocycles. The van der Waals surface area contributed by atoms with Gasteiger partial charge in [0.05, 0.1) is 94.7 Å². The molecule has 17 rings (SSSR count). The number of rotatable bonds is 28. The lowest BCUT2D eigenvalue weighted by molar-refractivity contribution is 0.313. The van der Waals surface area contributed by atoms with Gasteiger partial charge in [0.1, 0.15) is 23.0 Å². The number of nitrogens with zero attached hydrogens (tertiary/aromatic N) is 10. The van der Waals surface area contributed by atoms with Gasteiger partial charge in [-0.05, 0) is 194 Å². The van der Waals surface area contributed by atoms with Gasteiger partial charge >= 0.3 is 0 Å². The Labute approximate surface area is 673 Å². The highest BCUT2D eigenvalue weighted by molar-refractivity contribution is 6.03. The Kier molecular flexibility index (Phi) is 22.4. The minimum Gasteiger partial charge on any atom is -0.493 e. The molecule has 2 aliphatic rings. The molecule has 0 unspecified atom stereocenters. The molecule has 3 aromatic heterocycles. The first-order chi connectivity index (χ1) is 57.3. The van der Waals surface area contributed by atoms with Gasteiger partial charge in [-0.1, -0.05) is 199 Å². The fourth-order valence-corrected chi connectivity index (χ4v) is 14.9. The summed E-state index contributed by atoms with van der Waals surface area (Å²) in [6.07, 6.45) is 16.4. The number of hydrogen-bond donors (Lipinski definition) is 2. The molecular formula is C100H86N12O4. The maximum absolute atomic E-state index is 6.29. The van der Waals surface area contributed by atoms with Crippen LogP contribution >= 0.6 is 0 Å². The molecule has 2 N–H and O–H groups in total. The van der Waals surface area contributed by atoms with Gasteiger partial charge in [0.2, 0.25) is 0 Å². The van der Waals surface area contributed by atoms with Crippen molar-refractivity contribution in [1.82, 2.24) is 19.9 Å². The zero-order valence-corrected chi connectivity index (χ0v) is 65.3. The standard InChI is InChI=1S/C100H86N12O4/c1-5-9-57-113-93-53-49-81(73-33-13-17-37-77(73)93)109-105-69-29-21-25-65(61-69)97-85-41-43-87(101-85)98(66-26-22-30-70(62-66)106-110-82-50-54-94(114-58-10-6-2)78-38-18-14-34-74(78)82)89-45-47-91(103-89)100(68-28-24-32-72(64-68)108-112-84-52-56-96(116-60-12-8-4)80-40-20-16-36-76(80)84)92-48-46-90(104-92)99(88-44-42-86(97)102-88)67-27-23-31-71(63-67)107-111-83-51-55-95(115-59-11-7-3)79-39-19-15-35-75(79)83/h13-56,61-64,101,104H,5-12,57-60H2,1-4H3. The number of benzene rings is 12. The summed E-state index contributed by atoms with van der Waals surface area (Å²) < 4.78 is 25.1. The van der Waals surface area contributed by atoms with Crippen LogP contribution in [0.4, 0.5) is 45.5 Å². The number of H-pyrrole nitrogens is 2. The molecule has 0 amide bonds. The highest BCUT2D eigenvalue weighted by atomic mass is 16.5. The van der Waals surface area contributed by atoms with Crippen molar-refractivity contribution in [2.45, 2.75) is 79.1 Å². The molecule has 0 atom stereocenters. The first-order valence-corrected chi connectivity index (χ1v) is 40.2. The van der Waals surface area contributed by atoms with Crippen LogP contribution in [0.3, 0.4) is 0 Å². The molecule has 0 radical (unpaired) electrons. The van der Waals surface area contributed by atoms with Crippen LogP contribution in [0.5, 0.6) is 23.0 Å². The summed E-state index contributed by atoms with van der Waals surface area (Å²) in [5.41, 5.74) is 18.3. The number of ether oxygens (including phenoxy) is 4. The Bertz CT molecular complexity index is 5810. The lowest BCUT2D eigenvalue weighted by Gasteiger charge is -2.10. The van der Waals surface area contributed by atoms with E-state index in [4.69, 9.17) is 69.8 Å². The van der Waals surface area contributed by atoms with E-state index in [-0.39, 0.29) is 0 Å². The third kappa shape index (κ3) is 16.2. The van der Waals surface area contributed by atoms with Gasteiger partial charge in [-0.2, -0.15) is 20.5 Å². The van der Waals surface area contributed by atoms with Crippen molar-refractivity contribution in [2.24, 2.45) is 40.9 Å². The molecule has 16 heteroatoms. The lowest BCUT2D eigenvalue weighted by atomic mass is 10.0. The zero-order valence-electron chi connectivity index (χ0n) is 65.3. The second kappa shape index (κ2) is 34.9. The molecule has 5 heterocycles. The summed E-state index contributed by atoms with van der Waals surface area (Å²) >= 11 is 0. The number of unbranched alkanes of at least 4 members (excludes halogenated alkanes) is 4. The zero-order chi connectivity index (χ0) is 78.5. The summed E-state index contributed by atoms with van der Waals surface area (Å²) in [6, 6.07) is 89.8. The van der Waals surface area contributed by atoms with Crippen molar-refractivity contribution in [3.8, 4) is 67.5 Å². The van der Waals surface area contributed by atoms with E-state index in [9.17, 15) is 0 Å². The SMILES string of the molecule is CCCCOc1ccc(N=Nc2cccc(-c3c4nc(c(-c5cccc(N=Nc6ccc(OCCCC)c7ccccc67)c5)c5ccc([nH]5)c(-c5cccc(N=Nc6ccc(OCCCC)c7ccccc67)c5)c5nc(c(-c6cccc(N=Nc7ccc(OCCCC)c8ccccc78)c6)c6ccc3[nH]6)C=C5)C=C4)c2)c2ccccc12. The maximum Gasteiger partial charge on any atom is 0.127 e. The Morgan fingerprint density at radius 1 is 0.241 bits per heavy atom. The second-order valence-corrected chi connectivity index (χ2v) is 28.8. The van der Waals surface area contributed by atoms with E-state index in [1.807, 2.05) is 146 Å². The largest absolute Gasteiger partial charge is 0.493 e. The fraction of sp³-hybridized carbons (Fsp3) is 0.160. The van der Waals surface area contributed by atoms with E-state index in [1.165, 1.54) is 0 Å². The first-order valence-electron chi connectivity index (χ1n) is 40.2. The molecular weight excluding hydrogens is 1430 g/mol. The molecule has 12 aromatic carbocycles. The Morgan fingerprint density at radius 3 is 0.707 bits per heavy atom. The predicted molar refractivity (Wildman–Crippen MR) is 475 cm³/mol. The topological polar surface area (TPSA) is 193 Å². The van der Waals surface area contributed by atoms with Crippen LogP contribution in [0.2, 0.25) is 0 Å². The molecule has 15 aromatic rings. The molecule has 16 nitrogen and oxygen atoms in total. The smallest absolute Gasteiger partial charge is 0.127 e. The van der Waals surface area contributed by atoms with Crippen LogP contribution in [-0.2, 0) is 0 Å². The minimum absolute atomic E-state index is 0.636. The third-order valence-electron chi connectivity index (χ3n) is 20.9. The average molecular weight is 1520 g/mol. The number of fused-ring (bicyclic) bond motifs is 12. The average Bonchev–Trinajstić information content (AvgIpc) is 1.08. The third-order valence-corrected chi connectivity index (χ3v) is 20.9. The fourth-order valence-electron chi connectivity index (χ4n) is 14.9. The highest BCUT2D eigenvalue weighted by Crippen LogP contribution is 2.45. The summed E-state index contributed by atoms with van der Waals surface area (Å²) in [4.78, 5) is 19.4. The van der Waals surface area contributed by atoms with E-state index in [1.54, 1.807) is 0 Å². The summed E-state index contributed by atoms with van der Waals surface area (Å²) in [7, 11) is 0. The quantitative estimate of drug-likeness (QED) is 0.0362. The molecule has 0 saturated heterocycles. The Morgan fingerprint density at radius 2 is 0.474 bits per heavy atom. The van der Waals surface area contributed by atoms with Gasteiger partial charge in [-0.15, -0.1) is 20.5 Å². The normalized spacial score (nSPS) is 12.2. The number of aromatic nitrogens is 4. The van der Waals surface area contributed by atoms with E-state index < -0.39 is 0 Å². The van der Waals surface area contributed by atoms with Gasteiger partial charge in [0, 0.05) is 87.4 Å².